The fourth-order valence-corrected chi connectivity index (χ4v) is 3.90. The average molecular weight is 499 g/mol. The van der Waals surface area contributed by atoms with Crippen molar-refractivity contribution in [3.63, 3.8) is 0 Å². The summed E-state index contributed by atoms with van der Waals surface area (Å²) in [5.74, 6) is 0.813. The first-order valence-corrected chi connectivity index (χ1v) is 10.3. The molecule has 2 aliphatic rings. The van der Waals surface area contributed by atoms with E-state index in [0.717, 1.165) is 57.1 Å². The van der Waals surface area contributed by atoms with Crippen LogP contribution in [0.15, 0.2) is 29.3 Å². The molecule has 1 amide bonds. The number of para-hydroxylation sites is 1. The number of hydrogen-bond acceptors (Lipinski definition) is 3. The van der Waals surface area contributed by atoms with Crippen LogP contribution in [-0.2, 0) is 11.2 Å². The van der Waals surface area contributed by atoms with E-state index in [1.165, 1.54) is 5.56 Å². The number of anilines is 1. The zero-order chi connectivity index (χ0) is 19.2. The van der Waals surface area contributed by atoms with Crippen molar-refractivity contribution in [3.05, 3.63) is 29.8 Å². The number of piperidine rings is 1. The van der Waals surface area contributed by atoms with Gasteiger partial charge in [-0.3, -0.25) is 4.79 Å². The largest absolute Gasteiger partial charge is 0.357 e. The second kappa shape index (κ2) is 11.0. The molecule has 0 atom stereocenters. The summed E-state index contributed by atoms with van der Waals surface area (Å²) in [5.41, 5.74) is 2.29. The van der Waals surface area contributed by atoms with Crippen LogP contribution in [0.5, 0.6) is 0 Å². The number of carbonyl (C=O) groups is 1. The topological polar surface area (TPSA) is 60.0 Å². The van der Waals surface area contributed by atoms with Crippen molar-refractivity contribution in [2.45, 2.75) is 52.1 Å². The van der Waals surface area contributed by atoms with Gasteiger partial charge in [0.2, 0.25) is 5.91 Å². The third-order valence-electron chi connectivity index (χ3n) is 5.51. The first kappa shape index (κ1) is 22.9. The molecule has 2 aliphatic heterocycles. The third kappa shape index (κ3) is 5.83. The zero-order valence-corrected chi connectivity index (χ0v) is 19.6. The van der Waals surface area contributed by atoms with Crippen molar-refractivity contribution in [1.29, 1.82) is 0 Å². The number of benzene rings is 1. The van der Waals surface area contributed by atoms with Crippen LogP contribution >= 0.6 is 24.0 Å². The molecule has 28 heavy (non-hydrogen) atoms. The molecule has 0 aromatic heterocycles. The van der Waals surface area contributed by atoms with Crippen LogP contribution < -0.4 is 15.5 Å². The van der Waals surface area contributed by atoms with Crippen molar-refractivity contribution in [2.75, 3.05) is 37.6 Å². The van der Waals surface area contributed by atoms with Gasteiger partial charge in [-0.2, -0.15) is 0 Å². The molecule has 1 aromatic carbocycles. The number of nitrogens with zero attached hydrogens (tertiary/aromatic N) is 3. The van der Waals surface area contributed by atoms with Crippen molar-refractivity contribution >= 4 is 41.5 Å². The number of fused-ring (bicyclic) bond motifs is 1. The van der Waals surface area contributed by atoms with Gasteiger partial charge in [0, 0.05) is 44.0 Å². The molecule has 2 N–H and O–H groups in total. The predicted molar refractivity (Wildman–Crippen MR) is 127 cm³/mol. The SMILES string of the molecule is CCNC(=NCC(=O)N1CCc2ccccc21)NC1CCN(C(C)C)CC1.I. The minimum Gasteiger partial charge on any atom is -0.357 e. The van der Waals surface area contributed by atoms with Gasteiger partial charge in [0.15, 0.2) is 5.96 Å². The highest BCUT2D eigenvalue weighted by molar-refractivity contribution is 14.0. The summed E-state index contributed by atoms with van der Waals surface area (Å²) in [6.45, 7) is 10.5. The first-order valence-electron chi connectivity index (χ1n) is 10.3. The molecule has 1 aromatic rings. The highest BCUT2D eigenvalue weighted by Gasteiger charge is 2.24. The lowest BCUT2D eigenvalue weighted by Crippen LogP contribution is -2.50. The van der Waals surface area contributed by atoms with Crippen LogP contribution in [0, 0.1) is 0 Å². The fourth-order valence-electron chi connectivity index (χ4n) is 3.90. The Morgan fingerprint density at radius 3 is 2.61 bits per heavy atom. The Morgan fingerprint density at radius 1 is 1.21 bits per heavy atom. The van der Waals surface area contributed by atoms with E-state index in [1.54, 1.807) is 0 Å². The Morgan fingerprint density at radius 2 is 1.93 bits per heavy atom. The third-order valence-corrected chi connectivity index (χ3v) is 5.51. The van der Waals surface area contributed by atoms with E-state index >= 15 is 0 Å². The number of hydrogen-bond donors (Lipinski definition) is 2. The Hall–Kier alpha value is -1.35. The summed E-state index contributed by atoms with van der Waals surface area (Å²) in [6.07, 6.45) is 3.14. The molecular weight excluding hydrogens is 465 g/mol. The standard InChI is InChI=1S/C21H33N5O.HI/c1-4-22-21(24-18-10-12-25(13-11-18)16(2)3)23-15-20(27)26-14-9-17-7-5-6-8-19(17)26;/h5-8,16,18H,4,9-15H2,1-3H3,(H2,22,23,24);1H. The minimum absolute atomic E-state index is 0. The second-order valence-electron chi connectivity index (χ2n) is 7.67. The van der Waals surface area contributed by atoms with Crippen molar-refractivity contribution in [1.82, 2.24) is 15.5 Å². The highest BCUT2D eigenvalue weighted by Crippen LogP contribution is 2.27. The summed E-state index contributed by atoms with van der Waals surface area (Å²) in [7, 11) is 0. The van der Waals surface area contributed by atoms with Crippen LogP contribution in [0.1, 0.15) is 39.2 Å². The van der Waals surface area contributed by atoms with E-state index in [9.17, 15) is 4.79 Å². The molecule has 7 heteroatoms. The average Bonchev–Trinajstić information content (AvgIpc) is 3.11. The maximum atomic E-state index is 12.7. The molecule has 0 unspecified atom stereocenters. The number of rotatable bonds is 5. The molecule has 0 aliphatic carbocycles. The van der Waals surface area contributed by atoms with E-state index in [0.29, 0.717) is 12.1 Å². The molecular formula is C21H34IN5O. The maximum Gasteiger partial charge on any atom is 0.248 e. The lowest BCUT2D eigenvalue weighted by Gasteiger charge is -2.35. The van der Waals surface area contributed by atoms with Gasteiger partial charge in [0.25, 0.3) is 0 Å². The smallest absolute Gasteiger partial charge is 0.248 e. The van der Waals surface area contributed by atoms with Crippen molar-refractivity contribution in [3.8, 4) is 0 Å². The lowest BCUT2D eigenvalue weighted by molar-refractivity contribution is -0.117. The molecule has 2 heterocycles. The Labute approximate surface area is 186 Å². The first-order chi connectivity index (χ1) is 13.1. The number of aliphatic imine (C=N–C) groups is 1. The number of likely N-dealkylation sites (tertiary alicyclic amines) is 1. The zero-order valence-electron chi connectivity index (χ0n) is 17.3. The van der Waals surface area contributed by atoms with Crippen LogP contribution in [0.3, 0.4) is 0 Å². The molecule has 6 nitrogen and oxygen atoms in total. The van der Waals surface area contributed by atoms with Crippen molar-refractivity contribution < 1.29 is 4.79 Å². The quantitative estimate of drug-likeness (QED) is 0.372. The van der Waals surface area contributed by atoms with Gasteiger partial charge < -0.3 is 20.4 Å². The number of amides is 1. The van der Waals surface area contributed by atoms with Crippen molar-refractivity contribution in [2.24, 2.45) is 4.99 Å². The van der Waals surface area contributed by atoms with E-state index in [1.807, 2.05) is 23.1 Å². The molecule has 1 fully saturated rings. The van der Waals surface area contributed by atoms with Crippen LogP contribution in [0.25, 0.3) is 0 Å². The summed E-state index contributed by atoms with van der Waals surface area (Å²) >= 11 is 0. The minimum atomic E-state index is 0. The molecule has 0 saturated carbocycles. The van der Waals surface area contributed by atoms with E-state index < -0.39 is 0 Å². The fraction of sp³-hybridized carbons (Fsp3) is 0.619. The molecule has 3 rings (SSSR count). The van der Waals surface area contributed by atoms with Gasteiger partial charge >= 0.3 is 0 Å². The summed E-state index contributed by atoms with van der Waals surface area (Å²) in [6, 6.07) is 9.16. The van der Waals surface area contributed by atoms with Gasteiger partial charge in [-0.15, -0.1) is 24.0 Å². The number of halogens is 1. The molecule has 1 saturated heterocycles. The highest BCUT2D eigenvalue weighted by atomic mass is 127. The normalized spacial score (nSPS) is 18.0. The molecule has 156 valence electrons. The Balaban J connectivity index is 0.00000280. The molecule has 0 bridgehead atoms. The molecule has 0 spiro atoms. The van der Waals surface area contributed by atoms with Gasteiger partial charge in [-0.1, -0.05) is 18.2 Å². The van der Waals surface area contributed by atoms with Crippen LogP contribution in [0.4, 0.5) is 5.69 Å². The van der Waals surface area contributed by atoms with E-state index in [4.69, 9.17) is 0 Å². The second-order valence-corrected chi connectivity index (χ2v) is 7.67. The summed E-state index contributed by atoms with van der Waals surface area (Å²) in [5, 5.41) is 6.81. The summed E-state index contributed by atoms with van der Waals surface area (Å²) < 4.78 is 0. The van der Waals surface area contributed by atoms with E-state index in [-0.39, 0.29) is 36.4 Å². The number of nitrogens with one attached hydrogen (secondary N) is 2. The van der Waals surface area contributed by atoms with Crippen LogP contribution in [-0.4, -0.2) is 61.6 Å². The molecule has 0 radical (unpaired) electrons. The van der Waals surface area contributed by atoms with Crippen LogP contribution in [0.2, 0.25) is 0 Å². The van der Waals surface area contributed by atoms with Gasteiger partial charge in [-0.25, -0.2) is 4.99 Å². The van der Waals surface area contributed by atoms with E-state index in [2.05, 4.69) is 47.4 Å². The van der Waals surface area contributed by atoms with Gasteiger partial charge in [0.1, 0.15) is 6.54 Å². The summed E-state index contributed by atoms with van der Waals surface area (Å²) in [4.78, 5) is 21.6. The Kier molecular flexibility index (Phi) is 9.01. The lowest BCUT2D eigenvalue weighted by atomic mass is 10.0. The number of carbonyl (C=O) groups excluding carboxylic acids is 1. The number of guanidine groups is 1. The van der Waals surface area contributed by atoms with Gasteiger partial charge in [-0.05, 0) is 51.7 Å². The maximum absolute atomic E-state index is 12.7. The Bertz CT molecular complexity index is 671. The predicted octanol–water partition coefficient (Wildman–Crippen LogP) is 2.62. The van der Waals surface area contributed by atoms with Gasteiger partial charge in [0.05, 0.1) is 0 Å². The monoisotopic (exact) mass is 499 g/mol.